The van der Waals surface area contributed by atoms with E-state index in [0.717, 1.165) is 18.5 Å². The number of unbranched alkanes of at least 4 members (excludes halogenated alkanes) is 1. The maximum atomic E-state index is 12.0. The molecule has 0 aliphatic heterocycles. The first kappa shape index (κ1) is 14.2. The standard InChI is InChI=1S/C14H19N5O/c1-11-13(14(20)16-10-6-5-9-15)18-19(17-11)12-7-3-2-4-8-12/h2-4,7-8H,5-6,9-10,15H2,1H3,(H,16,20). The first-order valence-corrected chi connectivity index (χ1v) is 6.70. The monoisotopic (exact) mass is 273 g/mol. The van der Waals surface area contributed by atoms with E-state index < -0.39 is 0 Å². The lowest BCUT2D eigenvalue weighted by molar-refractivity contribution is 0.0947. The third kappa shape index (κ3) is 3.42. The number of hydrogen-bond acceptors (Lipinski definition) is 4. The van der Waals surface area contributed by atoms with E-state index in [9.17, 15) is 4.79 Å². The molecule has 0 spiro atoms. The number of aromatic nitrogens is 3. The van der Waals surface area contributed by atoms with E-state index in [0.29, 0.717) is 24.5 Å². The summed E-state index contributed by atoms with van der Waals surface area (Å²) in [5, 5.41) is 11.3. The second-order valence-corrected chi connectivity index (χ2v) is 4.51. The molecule has 20 heavy (non-hydrogen) atoms. The van der Waals surface area contributed by atoms with E-state index in [-0.39, 0.29) is 5.91 Å². The Bertz CT molecular complexity index is 564. The van der Waals surface area contributed by atoms with E-state index >= 15 is 0 Å². The van der Waals surface area contributed by atoms with E-state index in [2.05, 4.69) is 15.5 Å². The van der Waals surface area contributed by atoms with Gasteiger partial charge in [-0.25, -0.2) is 0 Å². The van der Waals surface area contributed by atoms with Crippen LogP contribution in [0.1, 0.15) is 29.0 Å². The Morgan fingerprint density at radius 3 is 2.70 bits per heavy atom. The minimum Gasteiger partial charge on any atom is -0.351 e. The number of nitrogens with zero attached hydrogens (tertiary/aromatic N) is 3. The fourth-order valence-electron chi connectivity index (χ4n) is 1.82. The minimum atomic E-state index is -0.193. The summed E-state index contributed by atoms with van der Waals surface area (Å²) < 4.78 is 0. The number of nitrogens with two attached hydrogens (primary N) is 1. The van der Waals surface area contributed by atoms with Crippen LogP contribution in [-0.4, -0.2) is 34.0 Å². The molecule has 0 radical (unpaired) electrons. The van der Waals surface area contributed by atoms with Crippen molar-refractivity contribution in [1.29, 1.82) is 0 Å². The molecule has 1 aromatic heterocycles. The van der Waals surface area contributed by atoms with Gasteiger partial charge in [0.05, 0.1) is 11.4 Å². The smallest absolute Gasteiger partial charge is 0.273 e. The van der Waals surface area contributed by atoms with E-state index in [1.807, 2.05) is 30.3 Å². The van der Waals surface area contributed by atoms with Crippen LogP contribution in [0.2, 0.25) is 0 Å². The maximum absolute atomic E-state index is 12.0. The molecule has 6 nitrogen and oxygen atoms in total. The van der Waals surface area contributed by atoms with Crippen LogP contribution in [0.5, 0.6) is 0 Å². The lowest BCUT2D eigenvalue weighted by Gasteiger charge is -2.02. The van der Waals surface area contributed by atoms with Crippen molar-refractivity contribution in [3.8, 4) is 5.69 Å². The van der Waals surface area contributed by atoms with Gasteiger partial charge in [0.25, 0.3) is 5.91 Å². The summed E-state index contributed by atoms with van der Waals surface area (Å²) in [7, 11) is 0. The van der Waals surface area contributed by atoms with Crippen LogP contribution in [0, 0.1) is 6.92 Å². The van der Waals surface area contributed by atoms with Crippen LogP contribution in [0.3, 0.4) is 0 Å². The Hall–Kier alpha value is -2.21. The van der Waals surface area contributed by atoms with Gasteiger partial charge in [-0.2, -0.15) is 9.90 Å². The lowest BCUT2D eigenvalue weighted by atomic mass is 10.3. The molecular formula is C14H19N5O. The van der Waals surface area contributed by atoms with Gasteiger partial charge in [-0.05, 0) is 38.4 Å². The van der Waals surface area contributed by atoms with Gasteiger partial charge in [0, 0.05) is 6.54 Å². The first-order chi connectivity index (χ1) is 9.72. The molecule has 106 valence electrons. The Kier molecular flexibility index (Phi) is 4.84. The van der Waals surface area contributed by atoms with Crippen LogP contribution in [0.25, 0.3) is 5.69 Å². The van der Waals surface area contributed by atoms with Crippen LogP contribution in [0.4, 0.5) is 0 Å². The molecule has 1 aromatic carbocycles. The number of amides is 1. The number of nitrogens with one attached hydrogen (secondary N) is 1. The Balaban J connectivity index is 2.06. The number of benzene rings is 1. The van der Waals surface area contributed by atoms with E-state index in [1.165, 1.54) is 4.80 Å². The molecule has 2 aromatic rings. The van der Waals surface area contributed by atoms with Gasteiger partial charge in [-0.3, -0.25) is 4.79 Å². The number of carbonyl (C=O) groups is 1. The minimum absolute atomic E-state index is 0.193. The van der Waals surface area contributed by atoms with E-state index in [1.54, 1.807) is 6.92 Å². The highest BCUT2D eigenvalue weighted by Gasteiger charge is 2.15. The molecular weight excluding hydrogens is 254 g/mol. The molecule has 0 bridgehead atoms. The molecule has 0 aliphatic carbocycles. The van der Waals surface area contributed by atoms with Gasteiger partial charge in [-0.1, -0.05) is 18.2 Å². The highest BCUT2D eigenvalue weighted by Crippen LogP contribution is 2.07. The van der Waals surface area contributed by atoms with Crippen LogP contribution < -0.4 is 11.1 Å². The molecule has 0 aliphatic rings. The number of hydrogen-bond donors (Lipinski definition) is 2. The molecule has 0 saturated heterocycles. The fraction of sp³-hybridized carbons (Fsp3) is 0.357. The third-order valence-corrected chi connectivity index (χ3v) is 2.90. The summed E-state index contributed by atoms with van der Waals surface area (Å²) in [5.41, 5.74) is 7.22. The predicted molar refractivity (Wildman–Crippen MR) is 76.7 cm³/mol. The lowest BCUT2D eigenvalue weighted by Crippen LogP contribution is -2.26. The van der Waals surface area contributed by atoms with E-state index in [4.69, 9.17) is 5.73 Å². The number of aryl methyl sites for hydroxylation is 1. The van der Waals surface area contributed by atoms with Gasteiger partial charge in [0.2, 0.25) is 0 Å². The average Bonchev–Trinajstić information content (AvgIpc) is 2.86. The van der Waals surface area contributed by atoms with Crippen molar-refractivity contribution in [1.82, 2.24) is 20.3 Å². The topological polar surface area (TPSA) is 85.8 Å². The maximum Gasteiger partial charge on any atom is 0.273 e. The molecule has 1 amide bonds. The van der Waals surface area contributed by atoms with Crippen LogP contribution >= 0.6 is 0 Å². The van der Waals surface area contributed by atoms with Gasteiger partial charge >= 0.3 is 0 Å². The van der Waals surface area contributed by atoms with Crippen molar-refractivity contribution in [3.05, 3.63) is 41.7 Å². The van der Waals surface area contributed by atoms with Crippen molar-refractivity contribution in [3.63, 3.8) is 0 Å². The van der Waals surface area contributed by atoms with Crippen molar-refractivity contribution in [2.45, 2.75) is 19.8 Å². The second-order valence-electron chi connectivity index (χ2n) is 4.51. The average molecular weight is 273 g/mol. The van der Waals surface area contributed by atoms with Crippen LogP contribution in [-0.2, 0) is 0 Å². The molecule has 3 N–H and O–H groups in total. The summed E-state index contributed by atoms with van der Waals surface area (Å²) in [6.45, 7) is 3.02. The number of rotatable bonds is 6. The van der Waals surface area contributed by atoms with Crippen molar-refractivity contribution in [2.24, 2.45) is 5.73 Å². The summed E-state index contributed by atoms with van der Waals surface area (Å²) in [4.78, 5) is 13.5. The third-order valence-electron chi connectivity index (χ3n) is 2.90. The molecule has 1 heterocycles. The molecule has 0 saturated carbocycles. The zero-order valence-corrected chi connectivity index (χ0v) is 11.5. The Labute approximate surface area is 118 Å². The zero-order chi connectivity index (χ0) is 14.4. The molecule has 0 fully saturated rings. The van der Waals surface area contributed by atoms with Gasteiger partial charge in [-0.15, -0.1) is 5.10 Å². The normalized spacial score (nSPS) is 10.5. The Morgan fingerprint density at radius 1 is 1.25 bits per heavy atom. The molecule has 0 unspecified atom stereocenters. The number of carbonyl (C=O) groups excluding carboxylic acids is 1. The Morgan fingerprint density at radius 2 is 2.00 bits per heavy atom. The first-order valence-electron chi connectivity index (χ1n) is 6.70. The van der Waals surface area contributed by atoms with Gasteiger partial charge in [0.1, 0.15) is 0 Å². The van der Waals surface area contributed by atoms with Crippen LogP contribution in [0.15, 0.2) is 30.3 Å². The summed E-state index contributed by atoms with van der Waals surface area (Å²) in [6.07, 6.45) is 1.77. The van der Waals surface area contributed by atoms with Gasteiger partial charge in [0.15, 0.2) is 5.69 Å². The summed E-state index contributed by atoms with van der Waals surface area (Å²) in [6, 6.07) is 9.51. The highest BCUT2D eigenvalue weighted by atomic mass is 16.2. The second kappa shape index (κ2) is 6.81. The zero-order valence-electron chi connectivity index (χ0n) is 11.5. The molecule has 0 atom stereocenters. The van der Waals surface area contributed by atoms with Crippen molar-refractivity contribution >= 4 is 5.91 Å². The van der Waals surface area contributed by atoms with Gasteiger partial charge < -0.3 is 11.1 Å². The van der Waals surface area contributed by atoms with Crippen molar-refractivity contribution < 1.29 is 4.79 Å². The SMILES string of the molecule is Cc1nn(-c2ccccc2)nc1C(=O)NCCCCN. The molecule has 2 rings (SSSR count). The number of para-hydroxylation sites is 1. The quantitative estimate of drug-likeness (QED) is 0.770. The molecule has 6 heteroatoms. The summed E-state index contributed by atoms with van der Waals surface area (Å²) in [5.74, 6) is -0.193. The van der Waals surface area contributed by atoms with Crippen molar-refractivity contribution in [2.75, 3.05) is 13.1 Å². The fourth-order valence-corrected chi connectivity index (χ4v) is 1.82. The predicted octanol–water partition coefficient (Wildman–Crippen LogP) is 1.04. The highest BCUT2D eigenvalue weighted by molar-refractivity contribution is 5.93. The largest absolute Gasteiger partial charge is 0.351 e. The summed E-state index contributed by atoms with van der Waals surface area (Å²) >= 11 is 0.